The number of hydrogen-bond acceptors (Lipinski definition) is 4. The molecule has 0 aromatic heterocycles. The Kier molecular flexibility index (Phi) is 4.73. The maximum absolute atomic E-state index is 12.6. The molecule has 4 heteroatoms. The number of ketones is 1. The van der Waals surface area contributed by atoms with Gasteiger partial charge in [0.25, 0.3) is 0 Å². The van der Waals surface area contributed by atoms with Crippen molar-refractivity contribution in [1.29, 1.82) is 0 Å². The third-order valence-electron chi connectivity index (χ3n) is 3.20. The van der Waals surface area contributed by atoms with Crippen molar-refractivity contribution in [2.45, 2.75) is 6.92 Å². The Balaban J connectivity index is 2.47. The molecule has 0 amide bonds. The summed E-state index contributed by atoms with van der Waals surface area (Å²) in [6.45, 7) is 1.86. The van der Waals surface area contributed by atoms with E-state index in [9.17, 15) is 14.7 Å². The molecule has 0 saturated heterocycles. The molecule has 112 valence electrons. The van der Waals surface area contributed by atoms with Gasteiger partial charge in [0, 0.05) is 5.56 Å². The molecular weight excluding hydrogens is 280 g/mol. The van der Waals surface area contributed by atoms with Crippen LogP contribution in [-0.2, 0) is 4.74 Å². The van der Waals surface area contributed by atoms with Gasteiger partial charge >= 0.3 is 5.97 Å². The molecule has 0 radical (unpaired) electrons. The molecule has 2 aromatic rings. The smallest absolute Gasteiger partial charge is 0.338 e. The Hall–Kier alpha value is -2.88. The Morgan fingerprint density at radius 3 is 2.32 bits per heavy atom. The number of esters is 1. The molecule has 4 nitrogen and oxygen atoms in total. The van der Waals surface area contributed by atoms with E-state index >= 15 is 0 Å². The van der Waals surface area contributed by atoms with Crippen molar-refractivity contribution in [2.75, 3.05) is 7.11 Å². The quantitative estimate of drug-likeness (QED) is 0.693. The number of carbonyl (C=O) groups excluding carboxylic acids is 2. The van der Waals surface area contributed by atoms with Gasteiger partial charge < -0.3 is 9.84 Å². The maximum atomic E-state index is 12.6. The molecule has 0 bridgehead atoms. The van der Waals surface area contributed by atoms with E-state index in [0.717, 1.165) is 5.56 Å². The van der Waals surface area contributed by atoms with Crippen molar-refractivity contribution in [2.24, 2.45) is 0 Å². The maximum Gasteiger partial charge on any atom is 0.338 e. The molecule has 0 atom stereocenters. The molecule has 2 rings (SSSR count). The minimum Gasteiger partial charge on any atom is -0.507 e. The monoisotopic (exact) mass is 296 g/mol. The van der Waals surface area contributed by atoms with Gasteiger partial charge in [-0.25, -0.2) is 4.79 Å². The van der Waals surface area contributed by atoms with E-state index in [1.165, 1.54) is 25.3 Å². The second kappa shape index (κ2) is 6.72. The van der Waals surface area contributed by atoms with Crippen molar-refractivity contribution in [1.82, 2.24) is 0 Å². The molecule has 0 spiro atoms. The zero-order valence-electron chi connectivity index (χ0n) is 12.4. The van der Waals surface area contributed by atoms with E-state index < -0.39 is 11.8 Å². The second-order valence-corrected chi connectivity index (χ2v) is 4.64. The molecule has 0 heterocycles. The third kappa shape index (κ3) is 3.06. The predicted molar refractivity (Wildman–Crippen MR) is 84.0 cm³/mol. The van der Waals surface area contributed by atoms with Crippen molar-refractivity contribution < 1.29 is 19.4 Å². The summed E-state index contributed by atoms with van der Waals surface area (Å²) < 4.78 is 4.68. The minimum absolute atomic E-state index is 0.125. The Morgan fingerprint density at radius 2 is 1.73 bits per heavy atom. The number of hydrogen-bond donors (Lipinski definition) is 1. The standard InChI is InChI=1S/C18H16O4/c1-3-6-12-9-10-15(16(19)11-12)17(20)13-7-4-5-8-14(13)18(21)22-2/h3-11,19H,1-2H3/b6-3+. The van der Waals surface area contributed by atoms with E-state index in [1.54, 1.807) is 24.3 Å². The van der Waals surface area contributed by atoms with E-state index in [2.05, 4.69) is 4.74 Å². The molecule has 22 heavy (non-hydrogen) atoms. The van der Waals surface area contributed by atoms with Gasteiger partial charge in [-0.05, 0) is 30.7 Å². The molecule has 2 aromatic carbocycles. The van der Waals surface area contributed by atoms with Gasteiger partial charge in [0.1, 0.15) is 5.75 Å². The molecule has 1 N–H and O–H groups in total. The van der Waals surface area contributed by atoms with Crippen molar-refractivity contribution in [3.05, 3.63) is 70.8 Å². The van der Waals surface area contributed by atoms with E-state index in [4.69, 9.17) is 0 Å². The van der Waals surface area contributed by atoms with Gasteiger partial charge in [0.15, 0.2) is 5.78 Å². The molecule has 0 unspecified atom stereocenters. The lowest BCUT2D eigenvalue weighted by Gasteiger charge is -2.09. The zero-order chi connectivity index (χ0) is 16.1. The van der Waals surface area contributed by atoms with Crippen molar-refractivity contribution in [3.8, 4) is 5.75 Å². The van der Waals surface area contributed by atoms with E-state index in [0.29, 0.717) is 0 Å². The fourth-order valence-corrected chi connectivity index (χ4v) is 2.15. The first-order chi connectivity index (χ1) is 10.6. The molecule has 0 saturated carbocycles. The fourth-order valence-electron chi connectivity index (χ4n) is 2.15. The number of benzene rings is 2. The number of rotatable bonds is 4. The third-order valence-corrected chi connectivity index (χ3v) is 3.20. The topological polar surface area (TPSA) is 63.6 Å². The van der Waals surface area contributed by atoms with Gasteiger partial charge in [-0.3, -0.25) is 4.79 Å². The highest BCUT2D eigenvalue weighted by Gasteiger charge is 2.20. The van der Waals surface area contributed by atoms with Crippen LogP contribution >= 0.6 is 0 Å². The summed E-state index contributed by atoms with van der Waals surface area (Å²) in [5.74, 6) is -1.14. The highest BCUT2D eigenvalue weighted by atomic mass is 16.5. The zero-order valence-corrected chi connectivity index (χ0v) is 12.4. The molecular formula is C18H16O4. The molecule has 0 fully saturated rings. The Bertz CT molecular complexity index is 745. The van der Waals surface area contributed by atoms with Crippen LogP contribution < -0.4 is 0 Å². The van der Waals surface area contributed by atoms with Gasteiger partial charge in [-0.2, -0.15) is 0 Å². The van der Waals surface area contributed by atoms with Crippen LogP contribution in [0.1, 0.15) is 38.8 Å². The normalized spacial score (nSPS) is 10.6. The summed E-state index contributed by atoms with van der Waals surface area (Å²) in [4.78, 5) is 24.3. The van der Waals surface area contributed by atoms with Crippen LogP contribution in [0.3, 0.4) is 0 Å². The number of phenolic OH excluding ortho intramolecular Hbond substituents is 1. The average Bonchev–Trinajstić information content (AvgIpc) is 2.54. The summed E-state index contributed by atoms with van der Waals surface area (Å²) in [5.41, 5.74) is 1.30. The van der Waals surface area contributed by atoms with Crippen LogP contribution in [0.5, 0.6) is 5.75 Å². The number of methoxy groups -OCH3 is 1. The number of carbonyl (C=O) groups is 2. The average molecular weight is 296 g/mol. The number of phenols is 1. The Morgan fingerprint density at radius 1 is 1.05 bits per heavy atom. The summed E-state index contributed by atoms with van der Waals surface area (Å²) in [6, 6.07) is 11.1. The second-order valence-electron chi connectivity index (χ2n) is 4.64. The SMILES string of the molecule is C/C=C/c1ccc(C(=O)c2ccccc2C(=O)OC)c(O)c1. The van der Waals surface area contributed by atoms with Gasteiger partial charge in [0.2, 0.25) is 0 Å². The summed E-state index contributed by atoms with van der Waals surface area (Å²) >= 11 is 0. The minimum atomic E-state index is -0.589. The van der Waals surface area contributed by atoms with Crippen molar-refractivity contribution >= 4 is 17.8 Å². The van der Waals surface area contributed by atoms with Crippen LogP contribution in [0, 0.1) is 0 Å². The number of ether oxygens (including phenoxy) is 1. The lowest BCUT2D eigenvalue weighted by molar-refractivity contribution is 0.0597. The van der Waals surface area contributed by atoms with E-state index in [-0.39, 0.29) is 22.4 Å². The van der Waals surface area contributed by atoms with Crippen LogP contribution in [0.4, 0.5) is 0 Å². The van der Waals surface area contributed by atoms with Gasteiger partial charge in [0.05, 0.1) is 18.2 Å². The van der Waals surface area contributed by atoms with Crippen molar-refractivity contribution in [3.63, 3.8) is 0 Å². The van der Waals surface area contributed by atoms with Crippen LogP contribution in [0.25, 0.3) is 6.08 Å². The van der Waals surface area contributed by atoms with Gasteiger partial charge in [-0.1, -0.05) is 36.4 Å². The number of aromatic hydroxyl groups is 1. The van der Waals surface area contributed by atoms with Gasteiger partial charge in [-0.15, -0.1) is 0 Å². The first kappa shape index (κ1) is 15.5. The summed E-state index contributed by atoms with van der Waals surface area (Å²) in [7, 11) is 1.26. The lowest BCUT2D eigenvalue weighted by Crippen LogP contribution is -2.11. The first-order valence-electron chi connectivity index (χ1n) is 6.76. The van der Waals surface area contributed by atoms with Crippen LogP contribution in [0.2, 0.25) is 0 Å². The fraction of sp³-hybridized carbons (Fsp3) is 0.111. The molecule has 0 aliphatic carbocycles. The van der Waals surface area contributed by atoms with E-state index in [1.807, 2.05) is 19.1 Å². The number of allylic oxidation sites excluding steroid dienone is 1. The lowest BCUT2D eigenvalue weighted by atomic mass is 9.97. The highest BCUT2D eigenvalue weighted by Crippen LogP contribution is 2.24. The Labute approximate surface area is 128 Å². The summed E-state index contributed by atoms with van der Waals surface area (Å²) in [5, 5.41) is 10.1. The molecule has 0 aliphatic heterocycles. The largest absolute Gasteiger partial charge is 0.507 e. The predicted octanol–water partition coefficient (Wildman–Crippen LogP) is 3.44. The highest BCUT2D eigenvalue weighted by molar-refractivity contribution is 6.15. The first-order valence-corrected chi connectivity index (χ1v) is 6.76. The van der Waals surface area contributed by atoms with Crippen LogP contribution in [-0.4, -0.2) is 24.0 Å². The summed E-state index contributed by atoms with van der Waals surface area (Å²) in [6.07, 6.45) is 3.65. The van der Waals surface area contributed by atoms with Crippen LogP contribution in [0.15, 0.2) is 48.5 Å². The molecule has 0 aliphatic rings.